The SMILES string of the molecule is CC(=O)c1ccc(NC(=O)OC2COC3C(NCc4ccco4)COC23)cc1. The first-order chi connectivity index (χ1) is 13.6. The fourth-order valence-electron chi connectivity index (χ4n) is 3.46. The molecule has 8 nitrogen and oxygen atoms in total. The molecule has 1 aromatic carbocycles. The number of anilines is 1. The number of benzene rings is 1. The van der Waals surface area contributed by atoms with Gasteiger partial charge >= 0.3 is 6.09 Å². The Morgan fingerprint density at radius 2 is 1.89 bits per heavy atom. The van der Waals surface area contributed by atoms with Crippen molar-refractivity contribution in [2.45, 2.75) is 37.8 Å². The van der Waals surface area contributed by atoms with Gasteiger partial charge in [0, 0.05) is 11.3 Å². The third-order valence-corrected chi connectivity index (χ3v) is 4.92. The minimum atomic E-state index is -0.583. The smallest absolute Gasteiger partial charge is 0.412 e. The zero-order valence-electron chi connectivity index (χ0n) is 15.4. The van der Waals surface area contributed by atoms with Crippen molar-refractivity contribution < 1.29 is 28.2 Å². The molecule has 2 aliphatic rings. The first-order valence-electron chi connectivity index (χ1n) is 9.18. The van der Waals surface area contributed by atoms with E-state index in [1.807, 2.05) is 12.1 Å². The number of ketones is 1. The molecule has 0 aliphatic carbocycles. The first-order valence-corrected chi connectivity index (χ1v) is 9.18. The van der Waals surface area contributed by atoms with Gasteiger partial charge in [-0.05, 0) is 43.3 Å². The number of hydrogen-bond donors (Lipinski definition) is 2. The van der Waals surface area contributed by atoms with Gasteiger partial charge in [-0.2, -0.15) is 0 Å². The number of carbonyl (C=O) groups is 2. The molecule has 8 heteroatoms. The summed E-state index contributed by atoms with van der Waals surface area (Å²) in [5.74, 6) is 0.807. The second-order valence-corrected chi connectivity index (χ2v) is 6.86. The molecule has 2 aromatic rings. The minimum absolute atomic E-state index is 0.00545. The largest absolute Gasteiger partial charge is 0.468 e. The van der Waals surface area contributed by atoms with E-state index in [4.69, 9.17) is 18.6 Å². The molecule has 4 rings (SSSR count). The third-order valence-electron chi connectivity index (χ3n) is 4.92. The fourth-order valence-corrected chi connectivity index (χ4v) is 3.46. The quantitative estimate of drug-likeness (QED) is 0.735. The van der Waals surface area contributed by atoms with Gasteiger partial charge in [0.25, 0.3) is 0 Å². The lowest BCUT2D eigenvalue weighted by Gasteiger charge is -2.17. The van der Waals surface area contributed by atoms with Gasteiger partial charge in [-0.15, -0.1) is 0 Å². The Morgan fingerprint density at radius 1 is 1.11 bits per heavy atom. The van der Waals surface area contributed by atoms with Gasteiger partial charge in [0.15, 0.2) is 11.9 Å². The fraction of sp³-hybridized carbons (Fsp3) is 0.400. The van der Waals surface area contributed by atoms with Crippen molar-refractivity contribution in [1.29, 1.82) is 0 Å². The average Bonchev–Trinajstić information content (AvgIpc) is 3.40. The van der Waals surface area contributed by atoms with Crippen LogP contribution in [0.2, 0.25) is 0 Å². The standard InChI is InChI=1S/C20H22N2O6/c1-12(23)13-4-6-14(7-5-13)22-20(24)28-17-11-27-18-16(10-26-19(17)18)21-9-15-3-2-8-25-15/h2-8,16-19,21H,9-11H2,1H3,(H,22,24). The predicted molar refractivity (Wildman–Crippen MR) is 99.2 cm³/mol. The molecule has 2 fully saturated rings. The molecular weight excluding hydrogens is 364 g/mol. The van der Waals surface area contributed by atoms with E-state index in [1.165, 1.54) is 6.92 Å². The van der Waals surface area contributed by atoms with Crippen molar-refractivity contribution in [3.63, 3.8) is 0 Å². The Morgan fingerprint density at radius 3 is 2.61 bits per heavy atom. The van der Waals surface area contributed by atoms with Gasteiger partial charge in [-0.3, -0.25) is 10.1 Å². The number of carbonyl (C=O) groups excluding carboxylic acids is 2. The van der Waals surface area contributed by atoms with Crippen LogP contribution in [0.4, 0.5) is 10.5 Å². The first kappa shape index (κ1) is 18.7. The van der Waals surface area contributed by atoms with Crippen LogP contribution >= 0.6 is 0 Å². The molecule has 0 spiro atoms. The van der Waals surface area contributed by atoms with Gasteiger partial charge in [0.2, 0.25) is 0 Å². The number of furan rings is 1. The number of nitrogens with one attached hydrogen (secondary N) is 2. The summed E-state index contributed by atoms with van der Waals surface area (Å²) in [7, 11) is 0. The predicted octanol–water partition coefficient (Wildman–Crippen LogP) is 2.36. The van der Waals surface area contributed by atoms with Gasteiger partial charge < -0.3 is 23.9 Å². The van der Waals surface area contributed by atoms with Crippen molar-refractivity contribution in [2.75, 3.05) is 18.5 Å². The summed E-state index contributed by atoms with van der Waals surface area (Å²) in [5.41, 5.74) is 1.13. The van der Waals surface area contributed by atoms with E-state index in [0.29, 0.717) is 24.4 Å². The molecule has 1 aromatic heterocycles. The summed E-state index contributed by atoms with van der Waals surface area (Å²) < 4.78 is 22.4. The number of amides is 1. The summed E-state index contributed by atoms with van der Waals surface area (Å²) in [4.78, 5) is 23.5. The van der Waals surface area contributed by atoms with Crippen molar-refractivity contribution in [2.24, 2.45) is 0 Å². The second kappa shape index (κ2) is 8.14. The third kappa shape index (κ3) is 4.09. The zero-order valence-corrected chi connectivity index (χ0v) is 15.4. The number of rotatable bonds is 6. The minimum Gasteiger partial charge on any atom is -0.468 e. The lowest BCUT2D eigenvalue weighted by atomic mass is 10.1. The maximum absolute atomic E-state index is 12.2. The molecule has 0 radical (unpaired) electrons. The van der Waals surface area contributed by atoms with Crippen LogP contribution in [0.1, 0.15) is 23.0 Å². The number of hydrogen-bond acceptors (Lipinski definition) is 7. The maximum atomic E-state index is 12.2. The van der Waals surface area contributed by atoms with Crippen molar-refractivity contribution in [3.8, 4) is 0 Å². The summed E-state index contributed by atoms with van der Waals surface area (Å²) in [6, 6.07) is 10.4. The maximum Gasteiger partial charge on any atom is 0.412 e. The highest BCUT2D eigenvalue weighted by molar-refractivity contribution is 5.94. The van der Waals surface area contributed by atoms with Crippen molar-refractivity contribution in [1.82, 2.24) is 5.32 Å². The average molecular weight is 386 g/mol. The molecule has 148 valence electrons. The molecule has 1 amide bonds. The van der Waals surface area contributed by atoms with Crippen molar-refractivity contribution in [3.05, 3.63) is 54.0 Å². The highest BCUT2D eigenvalue weighted by Crippen LogP contribution is 2.29. The van der Waals surface area contributed by atoms with Crippen LogP contribution in [0.15, 0.2) is 47.1 Å². The Labute approximate surface area is 162 Å². The lowest BCUT2D eigenvalue weighted by molar-refractivity contribution is 0.00852. The van der Waals surface area contributed by atoms with E-state index in [1.54, 1.807) is 30.5 Å². The van der Waals surface area contributed by atoms with Crippen molar-refractivity contribution >= 4 is 17.6 Å². The van der Waals surface area contributed by atoms with Gasteiger partial charge in [-0.1, -0.05) is 0 Å². The summed E-state index contributed by atoms with van der Waals surface area (Å²) in [6.45, 7) is 2.83. The molecule has 4 atom stereocenters. The highest BCUT2D eigenvalue weighted by atomic mass is 16.6. The molecule has 2 aliphatic heterocycles. The Balaban J connectivity index is 1.27. The summed E-state index contributed by atoms with van der Waals surface area (Å²) in [6.07, 6.45) is 0.0903. The molecule has 2 saturated heterocycles. The topological polar surface area (TPSA) is 99.0 Å². The van der Waals surface area contributed by atoms with E-state index in [2.05, 4.69) is 10.6 Å². The van der Waals surface area contributed by atoms with Crippen LogP contribution in [0, 0.1) is 0 Å². The Kier molecular flexibility index (Phi) is 5.43. The lowest BCUT2D eigenvalue weighted by Crippen LogP contribution is -2.41. The highest BCUT2D eigenvalue weighted by Gasteiger charge is 2.49. The normalized spacial score (nSPS) is 26.0. The number of Topliss-reactive ketones (excluding diaryl/α,β-unsaturated/α-hetero) is 1. The molecule has 2 N–H and O–H groups in total. The monoisotopic (exact) mass is 386 g/mol. The molecule has 3 heterocycles. The van der Waals surface area contributed by atoms with Crippen LogP contribution in [-0.2, 0) is 20.8 Å². The Bertz CT molecular complexity index is 820. The van der Waals surface area contributed by atoms with E-state index < -0.39 is 12.2 Å². The van der Waals surface area contributed by atoms with E-state index in [9.17, 15) is 9.59 Å². The van der Waals surface area contributed by atoms with E-state index >= 15 is 0 Å². The molecule has 4 unspecified atom stereocenters. The second-order valence-electron chi connectivity index (χ2n) is 6.86. The molecule has 0 saturated carbocycles. The van der Waals surface area contributed by atoms with Gasteiger partial charge in [0.1, 0.15) is 18.0 Å². The van der Waals surface area contributed by atoms with Gasteiger partial charge in [0.05, 0.1) is 32.1 Å². The Hall–Kier alpha value is -2.68. The summed E-state index contributed by atoms with van der Waals surface area (Å²) in [5, 5.41) is 6.01. The molecular formula is C20H22N2O6. The van der Waals surface area contributed by atoms with E-state index in [0.717, 1.165) is 5.76 Å². The van der Waals surface area contributed by atoms with Crippen LogP contribution in [-0.4, -0.2) is 49.4 Å². The van der Waals surface area contributed by atoms with Gasteiger partial charge in [-0.25, -0.2) is 4.79 Å². The van der Waals surface area contributed by atoms with E-state index in [-0.39, 0.29) is 30.6 Å². The summed E-state index contributed by atoms with van der Waals surface area (Å²) >= 11 is 0. The van der Waals surface area contributed by atoms with Crippen LogP contribution in [0.5, 0.6) is 0 Å². The molecule has 28 heavy (non-hydrogen) atoms. The van der Waals surface area contributed by atoms with Crippen LogP contribution < -0.4 is 10.6 Å². The number of ether oxygens (including phenoxy) is 3. The molecule has 0 bridgehead atoms. The van der Waals surface area contributed by atoms with Crippen LogP contribution in [0.3, 0.4) is 0 Å². The number of fused-ring (bicyclic) bond motifs is 1. The zero-order chi connectivity index (χ0) is 19.5. The van der Waals surface area contributed by atoms with Crippen LogP contribution in [0.25, 0.3) is 0 Å².